The van der Waals surface area contributed by atoms with Crippen molar-refractivity contribution in [1.29, 1.82) is 0 Å². The number of fused-ring (bicyclic) bond motifs is 1. The normalized spacial score (nSPS) is 37.8. The van der Waals surface area contributed by atoms with E-state index in [1.54, 1.807) is 59.0 Å². The smallest absolute Gasteiger partial charge is 0.459 e. The number of nitrogens with one attached hydrogen (secondary N) is 1. The van der Waals surface area contributed by atoms with Crippen LogP contribution in [0.4, 0.5) is 4.79 Å². The first kappa shape index (κ1) is 44.7. The molecule has 0 unspecified atom stereocenters. The quantitative estimate of drug-likeness (QED) is 0.155. The van der Waals surface area contributed by atoms with E-state index in [9.17, 15) is 24.3 Å². The van der Waals surface area contributed by atoms with Crippen LogP contribution >= 0.6 is 28.1 Å². The molecule has 0 amide bonds. The highest BCUT2D eigenvalue weighted by Crippen LogP contribution is 2.40. The summed E-state index contributed by atoms with van der Waals surface area (Å²) in [5.41, 5.74) is -2.22. The van der Waals surface area contributed by atoms with Crippen molar-refractivity contribution in [3.05, 3.63) is 34.6 Å². The number of halogens is 1. The van der Waals surface area contributed by atoms with Crippen molar-refractivity contribution in [1.82, 2.24) is 15.2 Å². The monoisotopic (exact) mass is 853 g/mol. The van der Waals surface area contributed by atoms with Crippen LogP contribution in [-0.4, -0.2) is 119 Å². The first-order valence-corrected chi connectivity index (χ1v) is 20.0. The summed E-state index contributed by atoms with van der Waals surface area (Å²) >= 11 is 8.69. The van der Waals surface area contributed by atoms with Crippen LogP contribution in [0.2, 0.25) is 0 Å². The number of pyridine rings is 1. The summed E-state index contributed by atoms with van der Waals surface area (Å²) in [6, 6.07) is 2.53. The Hall–Kier alpha value is -3.02. The molecule has 2 N–H and O–H groups in total. The number of hydrogen-bond donors (Lipinski definition) is 2. The minimum atomic E-state index is -1.75. The van der Waals surface area contributed by atoms with Crippen molar-refractivity contribution in [3.63, 3.8) is 0 Å². The number of thiocarbonyl (C=S) groups is 1. The summed E-state index contributed by atoms with van der Waals surface area (Å²) in [4.78, 5) is 62.2. The Morgan fingerprint density at radius 2 is 1.82 bits per heavy atom. The second-order valence-electron chi connectivity index (χ2n) is 15.7. The molecule has 16 heteroatoms. The lowest BCUT2D eigenvalue weighted by atomic mass is 9.73. The zero-order chi connectivity index (χ0) is 41.0. The fourth-order valence-corrected chi connectivity index (χ4v) is 8.63. The van der Waals surface area contributed by atoms with E-state index >= 15 is 0 Å². The first-order chi connectivity index (χ1) is 25.7. The van der Waals surface area contributed by atoms with Gasteiger partial charge in [-0.3, -0.25) is 14.4 Å². The van der Waals surface area contributed by atoms with Gasteiger partial charge in [0.05, 0.1) is 12.1 Å². The highest BCUT2D eigenvalue weighted by Gasteiger charge is 2.57. The molecule has 306 valence electrons. The van der Waals surface area contributed by atoms with Crippen molar-refractivity contribution >= 4 is 63.1 Å². The van der Waals surface area contributed by atoms with Gasteiger partial charge < -0.3 is 43.7 Å². The van der Waals surface area contributed by atoms with E-state index in [0.717, 1.165) is 5.56 Å². The van der Waals surface area contributed by atoms with Gasteiger partial charge in [-0.05, 0) is 107 Å². The highest BCUT2D eigenvalue weighted by atomic mass is 79.9. The van der Waals surface area contributed by atoms with E-state index in [2.05, 4.69) is 26.2 Å². The van der Waals surface area contributed by atoms with Gasteiger partial charge in [0.2, 0.25) is 0 Å². The fraction of sp³-hybridized carbons (Fsp3) is 0.692. The van der Waals surface area contributed by atoms with Gasteiger partial charge in [0, 0.05) is 30.0 Å². The average Bonchev–Trinajstić information content (AvgIpc) is 3.44. The number of ether oxygens (including phenoxy) is 6. The number of likely N-dealkylation sites (N-methyl/N-ethyl adjacent to an activating group) is 1. The molecule has 13 atom stereocenters. The Balaban J connectivity index is 1.77. The van der Waals surface area contributed by atoms with Gasteiger partial charge in [-0.15, -0.1) is 0 Å². The van der Waals surface area contributed by atoms with Gasteiger partial charge in [-0.1, -0.05) is 39.8 Å². The maximum atomic E-state index is 14.4. The molecule has 14 nitrogen and oxygen atoms in total. The minimum absolute atomic E-state index is 0.0579. The zero-order valence-corrected chi connectivity index (χ0v) is 35.7. The number of cyclic esters (lactones) is 1. The van der Waals surface area contributed by atoms with Crippen LogP contribution in [0.3, 0.4) is 0 Å². The molecule has 3 fully saturated rings. The minimum Gasteiger partial charge on any atom is -0.459 e. The SMILES string of the molecule is CC[C@H]1OC(=O)[C@H](C)C(=O)[C@H](C)[C@@H](O[C@@H]2O[C@H](C)C[C@H](N(C)C)[C@H]2O)[C@](C)(OC(=O)OCC=Cc2ccc(Br)nc2)C[C@@H](C)C(=O)[C@H](C)[C@H]2NC(=S)O[C@@]21C. The number of aromatic nitrogens is 1. The Kier molecular flexibility index (Phi) is 15.0. The number of esters is 1. The number of aliphatic hydroxyl groups is 1. The molecule has 3 saturated heterocycles. The summed E-state index contributed by atoms with van der Waals surface area (Å²) in [6.45, 7) is 13.2. The van der Waals surface area contributed by atoms with E-state index in [0.29, 0.717) is 17.4 Å². The van der Waals surface area contributed by atoms with Crippen LogP contribution in [0.1, 0.15) is 80.2 Å². The molecular formula is C39H56BrN3O11S. The lowest BCUT2D eigenvalue weighted by molar-refractivity contribution is -0.293. The summed E-state index contributed by atoms with van der Waals surface area (Å²) in [5, 5.41) is 14.7. The second kappa shape index (κ2) is 18.5. The van der Waals surface area contributed by atoms with Crippen LogP contribution in [0.5, 0.6) is 0 Å². The zero-order valence-electron chi connectivity index (χ0n) is 33.3. The van der Waals surface area contributed by atoms with Crippen molar-refractivity contribution in [3.8, 4) is 0 Å². The van der Waals surface area contributed by atoms with Gasteiger partial charge in [0.15, 0.2) is 17.7 Å². The van der Waals surface area contributed by atoms with Crippen molar-refractivity contribution < 1.29 is 52.7 Å². The molecule has 4 rings (SSSR count). The van der Waals surface area contributed by atoms with Crippen LogP contribution < -0.4 is 5.32 Å². The molecule has 0 aromatic carbocycles. The van der Waals surface area contributed by atoms with E-state index in [-0.39, 0.29) is 36.1 Å². The number of aliphatic hydroxyl groups excluding tert-OH is 1. The average molecular weight is 855 g/mol. The highest BCUT2D eigenvalue weighted by molar-refractivity contribution is 9.10. The Morgan fingerprint density at radius 3 is 2.44 bits per heavy atom. The standard InChI is InChI=1S/C39H56BrN3O11S/c1-11-27-39(8)32(42-36(55)53-39)22(4)29(44)20(2)18-38(7,54-37(48)49-16-12-13-25-14-15-28(40)41-19-25)33(23(5)30(45)24(6)34(47)51-27)52-35-31(46)26(43(9)10)17-21(3)50-35/h12-15,19-24,26-27,31-33,35,46H,11,16-18H2,1-10H3,(H,42,55)/t20-,21-,22+,23+,24-,26+,27-,31-,32-,33-,35+,38-,39-/m1/s1. The molecule has 3 aliphatic rings. The van der Waals surface area contributed by atoms with Gasteiger partial charge in [-0.25, -0.2) is 9.78 Å². The summed E-state index contributed by atoms with van der Waals surface area (Å²) in [5.74, 6) is -5.58. The lowest BCUT2D eigenvalue weighted by Crippen LogP contribution is -2.60. The predicted octanol–water partition coefficient (Wildman–Crippen LogP) is 5.02. The maximum Gasteiger partial charge on any atom is 0.509 e. The lowest BCUT2D eigenvalue weighted by Gasteiger charge is -2.46. The molecular weight excluding hydrogens is 798 g/mol. The van der Waals surface area contributed by atoms with Gasteiger partial charge in [-0.2, -0.15) is 0 Å². The molecule has 4 heterocycles. The number of Topliss-reactive ketones (excluding diaryl/α,β-unsaturated/α-hetero) is 2. The third kappa shape index (κ3) is 10.3. The maximum absolute atomic E-state index is 14.4. The molecule has 0 spiro atoms. The molecule has 0 bridgehead atoms. The van der Waals surface area contributed by atoms with E-state index in [4.69, 9.17) is 40.6 Å². The van der Waals surface area contributed by atoms with E-state index < -0.39 is 83.4 Å². The second-order valence-corrected chi connectivity index (χ2v) is 16.8. The largest absolute Gasteiger partial charge is 0.509 e. The van der Waals surface area contributed by atoms with Crippen LogP contribution in [-0.2, 0) is 42.8 Å². The van der Waals surface area contributed by atoms with Crippen LogP contribution in [0.25, 0.3) is 6.08 Å². The molecule has 55 heavy (non-hydrogen) atoms. The van der Waals surface area contributed by atoms with Crippen molar-refractivity contribution in [2.24, 2.45) is 23.7 Å². The molecule has 0 radical (unpaired) electrons. The van der Waals surface area contributed by atoms with Crippen molar-refractivity contribution in [2.45, 2.75) is 129 Å². The number of rotatable bonds is 8. The number of carbonyl (C=O) groups is 4. The van der Waals surface area contributed by atoms with Gasteiger partial charge in [0.25, 0.3) is 5.17 Å². The number of carbonyl (C=O) groups excluding carboxylic acids is 4. The molecule has 1 aromatic rings. The molecule has 3 aliphatic heterocycles. The van der Waals surface area contributed by atoms with Crippen molar-refractivity contribution in [2.75, 3.05) is 20.7 Å². The third-order valence-corrected chi connectivity index (χ3v) is 11.8. The summed E-state index contributed by atoms with van der Waals surface area (Å²) in [6.07, 6.45) is -0.428. The number of hydrogen-bond acceptors (Lipinski definition) is 14. The summed E-state index contributed by atoms with van der Waals surface area (Å²) in [7, 11) is 3.66. The fourth-order valence-electron chi connectivity index (χ4n) is 8.09. The van der Waals surface area contributed by atoms with Crippen LogP contribution in [0.15, 0.2) is 29.0 Å². The Labute approximate surface area is 337 Å². The molecule has 1 aromatic heterocycles. The van der Waals surface area contributed by atoms with Crippen LogP contribution in [0, 0.1) is 23.7 Å². The summed E-state index contributed by atoms with van der Waals surface area (Å²) < 4.78 is 37.0. The molecule has 0 aliphatic carbocycles. The van der Waals surface area contributed by atoms with Gasteiger partial charge >= 0.3 is 12.1 Å². The first-order valence-electron chi connectivity index (χ1n) is 18.8. The predicted molar refractivity (Wildman–Crippen MR) is 210 cm³/mol. The van der Waals surface area contributed by atoms with E-state index in [1.807, 2.05) is 38.9 Å². The number of nitrogens with zero attached hydrogens (tertiary/aromatic N) is 2. The molecule has 0 saturated carbocycles. The van der Waals surface area contributed by atoms with E-state index in [1.165, 1.54) is 6.92 Å². The van der Waals surface area contributed by atoms with Gasteiger partial charge in [0.1, 0.15) is 46.8 Å². The topological polar surface area (TPSA) is 172 Å². The number of ketones is 2. The third-order valence-electron chi connectivity index (χ3n) is 11.1. The Bertz CT molecular complexity index is 1600. The Morgan fingerprint density at radius 1 is 1.13 bits per heavy atom.